The second-order valence-electron chi connectivity index (χ2n) is 6.32. The normalized spacial score (nSPS) is 21.7. The molecule has 1 fully saturated rings. The van der Waals surface area contributed by atoms with Crippen molar-refractivity contribution in [2.45, 2.75) is 59.3 Å². The molecular weight excluding hydrogens is 238 g/mol. The van der Waals surface area contributed by atoms with Gasteiger partial charge < -0.3 is 10.0 Å². The minimum absolute atomic E-state index is 0.170. The van der Waals surface area contributed by atoms with Gasteiger partial charge in [-0.1, -0.05) is 40.0 Å². The maximum absolute atomic E-state index is 12.6. The number of carbonyl (C=O) groups excluding carboxylic acids is 1. The average molecular weight is 269 g/mol. The number of likely N-dealkylation sites (tertiary alicyclic amines) is 1. The Hall–Kier alpha value is -0.570. The lowest BCUT2D eigenvalue weighted by atomic mass is 9.87. The van der Waals surface area contributed by atoms with Crippen LogP contribution in [0.4, 0.5) is 0 Å². The molecule has 0 aliphatic carbocycles. The lowest BCUT2D eigenvalue weighted by molar-refractivity contribution is -0.139. The van der Waals surface area contributed by atoms with Gasteiger partial charge in [0.1, 0.15) is 0 Å². The van der Waals surface area contributed by atoms with E-state index in [0.717, 1.165) is 38.8 Å². The first-order chi connectivity index (χ1) is 9.10. The van der Waals surface area contributed by atoms with Crippen LogP contribution >= 0.6 is 0 Å². The number of piperidine rings is 1. The smallest absolute Gasteiger partial charge is 0.225 e. The van der Waals surface area contributed by atoms with Crippen LogP contribution in [0, 0.1) is 17.8 Å². The molecule has 0 aromatic carbocycles. The molecule has 1 amide bonds. The standard InChI is InChI=1S/C16H31NO2/c1-4-5-6-9-15(13(2)3)16(19)17-10-7-8-14(11-17)12-18/h13-15,18H,4-12H2,1-3H3. The molecule has 1 saturated heterocycles. The van der Waals surface area contributed by atoms with Crippen molar-refractivity contribution in [1.82, 2.24) is 4.90 Å². The van der Waals surface area contributed by atoms with Crippen LogP contribution in [0.1, 0.15) is 59.3 Å². The largest absolute Gasteiger partial charge is 0.396 e. The van der Waals surface area contributed by atoms with Crippen molar-refractivity contribution in [2.75, 3.05) is 19.7 Å². The van der Waals surface area contributed by atoms with Gasteiger partial charge in [0.05, 0.1) is 0 Å². The fourth-order valence-corrected chi connectivity index (χ4v) is 3.00. The van der Waals surface area contributed by atoms with Crippen LogP contribution in [0.5, 0.6) is 0 Å². The second kappa shape index (κ2) is 8.57. The van der Waals surface area contributed by atoms with Gasteiger partial charge in [0.25, 0.3) is 0 Å². The van der Waals surface area contributed by atoms with Gasteiger partial charge in [-0.2, -0.15) is 0 Å². The molecule has 1 aliphatic heterocycles. The number of aliphatic hydroxyl groups excluding tert-OH is 1. The number of rotatable bonds is 7. The van der Waals surface area contributed by atoms with Gasteiger partial charge in [-0.05, 0) is 31.1 Å². The monoisotopic (exact) mass is 269 g/mol. The number of hydrogen-bond acceptors (Lipinski definition) is 2. The van der Waals surface area contributed by atoms with Gasteiger partial charge in [-0.15, -0.1) is 0 Å². The third-order valence-electron chi connectivity index (χ3n) is 4.33. The van der Waals surface area contributed by atoms with Crippen LogP contribution in [-0.2, 0) is 4.79 Å². The van der Waals surface area contributed by atoms with E-state index in [4.69, 9.17) is 0 Å². The molecule has 1 rings (SSSR count). The van der Waals surface area contributed by atoms with Crippen LogP contribution in [0.15, 0.2) is 0 Å². The van der Waals surface area contributed by atoms with Crippen molar-refractivity contribution in [3.63, 3.8) is 0 Å². The summed E-state index contributed by atoms with van der Waals surface area (Å²) in [5.74, 6) is 1.20. The van der Waals surface area contributed by atoms with E-state index in [1.54, 1.807) is 0 Å². The van der Waals surface area contributed by atoms with E-state index < -0.39 is 0 Å². The highest BCUT2D eigenvalue weighted by molar-refractivity contribution is 5.79. The zero-order valence-electron chi connectivity index (χ0n) is 12.9. The van der Waals surface area contributed by atoms with E-state index in [1.165, 1.54) is 12.8 Å². The second-order valence-corrected chi connectivity index (χ2v) is 6.32. The highest BCUT2D eigenvalue weighted by Gasteiger charge is 2.29. The van der Waals surface area contributed by atoms with Gasteiger partial charge in [0, 0.05) is 25.6 Å². The number of unbranched alkanes of at least 4 members (excludes halogenated alkanes) is 2. The van der Waals surface area contributed by atoms with E-state index in [9.17, 15) is 9.90 Å². The van der Waals surface area contributed by atoms with Gasteiger partial charge in [0.2, 0.25) is 5.91 Å². The number of aliphatic hydroxyl groups is 1. The molecule has 0 bridgehead atoms. The molecule has 0 aromatic rings. The maximum atomic E-state index is 12.6. The van der Waals surface area contributed by atoms with Crippen molar-refractivity contribution < 1.29 is 9.90 Å². The predicted molar refractivity (Wildman–Crippen MR) is 78.9 cm³/mol. The van der Waals surface area contributed by atoms with Crippen LogP contribution in [0.25, 0.3) is 0 Å². The van der Waals surface area contributed by atoms with Crippen LogP contribution < -0.4 is 0 Å². The first-order valence-electron chi connectivity index (χ1n) is 7.99. The quantitative estimate of drug-likeness (QED) is 0.722. The van der Waals surface area contributed by atoms with E-state index in [2.05, 4.69) is 20.8 Å². The van der Waals surface area contributed by atoms with Gasteiger partial charge in [-0.25, -0.2) is 0 Å². The molecule has 2 atom stereocenters. The number of nitrogens with zero attached hydrogens (tertiary/aromatic N) is 1. The number of carbonyl (C=O) groups is 1. The highest BCUT2D eigenvalue weighted by Crippen LogP contribution is 2.24. The van der Waals surface area contributed by atoms with Crippen molar-refractivity contribution in [1.29, 1.82) is 0 Å². The van der Waals surface area contributed by atoms with Crippen molar-refractivity contribution >= 4 is 5.91 Å². The Labute approximate surface area is 118 Å². The summed E-state index contributed by atoms with van der Waals surface area (Å²) < 4.78 is 0. The van der Waals surface area contributed by atoms with E-state index in [0.29, 0.717) is 17.7 Å². The zero-order chi connectivity index (χ0) is 14.3. The topological polar surface area (TPSA) is 40.5 Å². The fourth-order valence-electron chi connectivity index (χ4n) is 3.00. The minimum atomic E-state index is 0.170. The fraction of sp³-hybridized carbons (Fsp3) is 0.938. The van der Waals surface area contributed by atoms with E-state index in [-0.39, 0.29) is 12.5 Å². The Balaban J connectivity index is 2.54. The Bertz CT molecular complexity index is 265. The third-order valence-corrected chi connectivity index (χ3v) is 4.33. The minimum Gasteiger partial charge on any atom is -0.396 e. The third kappa shape index (κ3) is 5.13. The summed E-state index contributed by atoms with van der Waals surface area (Å²) in [6.07, 6.45) is 6.69. The molecule has 2 unspecified atom stereocenters. The van der Waals surface area contributed by atoms with Gasteiger partial charge in [-0.3, -0.25) is 4.79 Å². The Kier molecular flexibility index (Phi) is 7.44. The van der Waals surface area contributed by atoms with Crippen LogP contribution in [0.3, 0.4) is 0 Å². The first kappa shape index (κ1) is 16.5. The number of amides is 1. The van der Waals surface area contributed by atoms with Crippen molar-refractivity contribution in [3.8, 4) is 0 Å². The molecule has 0 spiro atoms. The van der Waals surface area contributed by atoms with E-state index >= 15 is 0 Å². The van der Waals surface area contributed by atoms with E-state index in [1.807, 2.05) is 4.90 Å². The Morgan fingerprint density at radius 2 is 2.11 bits per heavy atom. The molecule has 112 valence electrons. The maximum Gasteiger partial charge on any atom is 0.225 e. The molecule has 1 heterocycles. The summed E-state index contributed by atoms with van der Waals surface area (Å²) in [4.78, 5) is 14.6. The summed E-state index contributed by atoms with van der Waals surface area (Å²) in [5, 5.41) is 9.27. The highest BCUT2D eigenvalue weighted by atomic mass is 16.3. The van der Waals surface area contributed by atoms with Crippen molar-refractivity contribution in [3.05, 3.63) is 0 Å². The molecule has 3 nitrogen and oxygen atoms in total. The Morgan fingerprint density at radius 1 is 1.37 bits per heavy atom. The number of hydrogen-bond donors (Lipinski definition) is 1. The Morgan fingerprint density at radius 3 is 2.68 bits per heavy atom. The molecule has 0 aromatic heterocycles. The zero-order valence-corrected chi connectivity index (χ0v) is 12.9. The predicted octanol–water partition coefficient (Wildman–Crippen LogP) is 3.07. The van der Waals surface area contributed by atoms with Crippen LogP contribution in [0.2, 0.25) is 0 Å². The first-order valence-corrected chi connectivity index (χ1v) is 7.99. The summed E-state index contributed by atoms with van der Waals surface area (Å²) in [6.45, 7) is 8.36. The summed E-state index contributed by atoms with van der Waals surface area (Å²) >= 11 is 0. The van der Waals surface area contributed by atoms with Gasteiger partial charge in [0.15, 0.2) is 0 Å². The molecule has 1 aliphatic rings. The van der Waals surface area contributed by atoms with Crippen LogP contribution in [-0.4, -0.2) is 35.6 Å². The molecule has 0 radical (unpaired) electrons. The molecule has 1 N–H and O–H groups in total. The lowest BCUT2D eigenvalue weighted by Gasteiger charge is -2.35. The SMILES string of the molecule is CCCCCC(C(=O)N1CCCC(CO)C1)C(C)C. The summed E-state index contributed by atoms with van der Waals surface area (Å²) in [7, 11) is 0. The van der Waals surface area contributed by atoms with Gasteiger partial charge >= 0.3 is 0 Å². The summed E-state index contributed by atoms with van der Waals surface area (Å²) in [6, 6.07) is 0. The lowest BCUT2D eigenvalue weighted by Crippen LogP contribution is -2.44. The molecule has 19 heavy (non-hydrogen) atoms. The van der Waals surface area contributed by atoms with Crippen molar-refractivity contribution in [2.24, 2.45) is 17.8 Å². The molecule has 0 saturated carbocycles. The summed E-state index contributed by atoms with van der Waals surface area (Å²) in [5.41, 5.74) is 0. The molecular formula is C16H31NO2. The molecule has 3 heteroatoms. The average Bonchev–Trinajstić information content (AvgIpc) is 2.42.